The number of ether oxygens (including phenoxy) is 2. The van der Waals surface area contributed by atoms with Crippen molar-refractivity contribution in [1.82, 2.24) is 10.6 Å². The standard InChI is InChI=1S/C20H19F3N2O4S/c1-2-28-17(26)15-16(24-18(30)25-19(15,27)20(21,22)23)12-8-10-14(11-9-12)29-13-6-4-3-5-7-13/h3-11,15-16,27H,2H2,1H3,(H2,24,25,30). The van der Waals surface area contributed by atoms with Gasteiger partial charge < -0.3 is 25.2 Å². The first kappa shape index (κ1) is 21.8. The van der Waals surface area contributed by atoms with Crippen molar-refractivity contribution in [2.75, 3.05) is 6.61 Å². The number of carbonyl (C=O) groups is 1. The third-order valence-electron chi connectivity index (χ3n) is 4.56. The number of para-hydroxylation sites is 1. The molecule has 1 heterocycles. The fraction of sp³-hybridized carbons (Fsp3) is 0.300. The predicted molar refractivity (Wildman–Crippen MR) is 106 cm³/mol. The fourth-order valence-corrected chi connectivity index (χ4v) is 3.46. The van der Waals surface area contributed by atoms with Crippen molar-refractivity contribution in [3.05, 3.63) is 60.2 Å². The minimum atomic E-state index is -5.19. The van der Waals surface area contributed by atoms with E-state index in [1.807, 2.05) is 6.07 Å². The van der Waals surface area contributed by atoms with Crippen LogP contribution in [0.5, 0.6) is 11.5 Å². The molecule has 0 aliphatic carbocycles. The summed E-state index contributed by atoms with van der Waals surface area (Å²) in [5, 5.41) is 14.4. The summed E-state index contributed by atoms with van der Waals surface area (Å²) in [6, 6.07) is 13.7. The number of nitrogens with one attached hydrogen (secondary N) is 2. The smallest absolute Gasteiger partial charge is 0.437 e. The summed E-state index contributed by atoms with van der Waals surface area (Å²) in [5.41, 5.74) is -3.30. The summed E-state index contributed by atoms with van der Waals surface area (Å²) in [6.07, 6.45) is -5.19. The highest BCUT2D eigenvalue weighted by Gasteiger charge is 2.66. The Morgan fingerprint density at radius 3 is 2.30 bits per heavy atom. The summed E-state index contributed by atoms with van der Waals surface area (Å²) in [6.45, 7) is 1.31. The number of carbonyl (C=O) groups excluding carboxylic acids is 1. The molecule has 2 aromatic rings. The van der Waals surface area contributed by atoms with Crippen LogP contribution in [0.1, 0.15) is 18.5 Å². The van der Waals surface area contributed by atoms with Gasteiger partial charge >= 0.3 is 12.1 Å². The van der Waals surface area contributed by atoms with Gasteiger partial charge in [-0.25, -0.2) is 0 Å². The van der Waals surface area contributed by atoms with Gasteiger partial charge in [0.05, 0.1) is 12.6 Å². The van der Waals surface area contributed by atoms with E-state index in [1.54, 1.807) is 41.7 Å². The lowest BCUT2D eigenvalue weighted by atomic mass is 9.82. The quantitative estimate of drug-likeness (QED) is 0.486. The van der Waals surface area contributed by atoms with Crippen molar-refractivity contribution < 1.29 is 32.5 Å². The van der Waals surface area contributed by atoms with E-state index < -0.39 is 34.9 Å². The summed E-state index contributed by atoms with van der Waals surface area (Å²) in [5.74, 6) is -2.22. The van der Waals surface area contributed by atoms with E-state index in [0.29, 0.717) is 17.1 Å². The molecule has 0 aromatic heterocycles. The van der Waals surface area contributed by atoms with Crippen LogP contribution in [0.4, 0.5) is 13.2 Å². The number of thiocarbonyl (C=S) groups is 1. The van der Waals surface area contributed by atoms with Gasteiger partial charge in [-0.05, 0) is 49.0 Å². The largest absolute Gasteiger partial charge is 0.466 e. The van der Waals surface area contributed by atoms with Crippen molar-refractivity contribution in [3.63, 3.8) is 0 Å². The van der Waals surface area contributed by atoms with E-state index in [1.165, 1.54) is 19.1 Å². The number of alkyl halides is 3. The molecule has 3 N–H and O–H groups in total. The maximum atomic E-state index is 13.7. The second-order valence-corrected chi connectivity index (χ2v) is 6.96. The van der Waals surface area contributed by atoms with Gasteiger partial charge in [0.15, 0.2) is 5.11 Å². The van der Waals surface area contributed by atoms with E-state index in [4.69, 9.17) is 21.7 Å². The highest BCUT2D eigenvalue weighted by atomic mass is 32.1. The Hall–Kier alpha value is -2.85. The summed E-state index contributed by atoms with van der Waals surface area (Å²) < 4.78 is 51.6. The molecule has 0 spiro atoms. The van der Waals surface area contributed by atoms with E-state index >= 15 is 0 Å². The molecule has 1 aliphatic rings. The molecule has 1 fully saturated rings. The Labute approximate surface area is 176 Å². The molecule has 1 saturated heterocycles. The summed E-state index contributed by atoms with van der Waals surface area (Å²) >= 11 is 4.86. The first-order valence-corrected chi connectivity index (χ1v) is 9.44. The Bertz CT molecular complexity index is 909. The van der Waals surface area contributed by atoms with E-state index in [2.05, 4.69) is 5.32 Å². The zero-order valence-corrected chi connectivity index (χ0v) is 16.6. The van der Waals surface area contributed by atoms with Crippen LogP contribution in [0, 0.1) is 5.92 Å². The average molecular weight is 440 g/mol. The minimum Gasteiger partial charge on any atom is -0.466 e. The van der Waals surface area contributed by atoms with Crippen LogP contribution in [0.3, 0.4) is 0 Å². The Morgan fingerprint density at radius 2 is 1.73 bits per heavy atom. The van der Waals surface area contributed by atoms with Crippen LogP contribution in [0.25, 0.3) is 0 Å². The third kappa shape index (κ3) is 4.34. The van der Waals surface area contributed by atoms with Gasteiger partial charge in [-0.1, -0.05) is 30.3 Å². The SMILES string of the molecule is CCOC(=O)C1C(c2ccc(Oc3ccccc3)cc2)NC(=S)NC1(O)C(F)(F)F. The first-order valence-electron chi connectivity index (χ1n) is 9.03. The molecule has 0 bridgehead atoms. The normalized spacial score (nSPS) is 23.8. The summed E-state index contributed by atoms with van der Waals surface area (Å²) in [4.78, 5) is 12.4. The zero-order valence-electron chi connectivity index (χ0n) is 15.8. The van der Waals surface area contributed by atoms with E-state index in [-0.39, 0.29) is 6.61 Å². The highest BCUT2D eigenvalue weighted by molar-refractivity contribution is 7.80. The minimum absolute atomic E-state index is 0.149. The maximum Gasteiger partial charge on any atom is 0.437 e. The molecule has 160 valence electrons. The van der Waals surface area contributed by atoms with Gasteiger partial charge in [0, 0.05) is 0 Å². The number of esters is 1. The molecule has 3 atom stereocenters. The monoisotopic (exact) mass is 440 g/mol. The topological polar surface area (TPSA) is 79.8 Å². The predicted octanol–water partition coefficient (Wildman–Crippen LogP) is 3.43. The van der Waals surface area contributed by atoms with Crippen LogP contribution in [0.2, 0.25) is 0 Å². The van der Waals surface area contributed by atoms with Crippen molar-refractivity contribution in [2.24, 2.45) is 5.92 Å². The number of aliphatic hydroxyl groups is 1. The molecule has 30 heavy (non-hydrogen) atoms. The molecule has 3 unspecified atom stereocenters. The van der Waals surface area contributed by atoms with Gasteiger partial charge in [-0.3, -0.25) is 4.79 Å². The van der Waals surface area contributed by atoms with E-state index in [9.17, 15) is 23.1 Å². The van der Waals surface area contributed by atoms with Crippen molar-refractivity contribution in [2.45, 2.75) is 24.9 Å². The molecule has 1 aliphatic heterocycles. The number of hydrogen-bond donors (Lipinski definition) is 3. The number of benzene rings is 2. The van der Waals surface area contributed by atoms with Crippen molar-refractivity contribution in [3.8, 4) is 11.5 Å². The van der Waals surface area contributed by atoms with Crippen molar-refractivity contribution >= 4 is 23.3 Å². The van der Waals surface area contributed by atoms with Crippen LogP contribution >= 0.6 is 12.2 Å². The number of halogens is 3. The number of hydrogen-bond acceptors (Lipinski definition) is 5. The van der Waals surface area contributed by atoms with Gasteiger partial charge in [0.25, 0.3) is 5.72 Å². The third-order valence-corrected chi connectivity index (χ3v) is 4.78. The molecule has 3 rings (SSSR count). The Balaban J connectivity index is 1.94. The fourth-order valence-electron chi connectivity index (χ4n) is 3.18. The number of rotatable bonds is 5. The Morgan fingerprint density at radius 1 is 1.13 bits per heavy atom. The maximum absolute atomic E-state index is 13.7. The first-order chi connectivity index (χ1) is 14.2. The average Bonchev–Trinajstić information content (AvgIpc) is 2.68. The second-order valence-electron chi connectivity index (χ2n) is 6.55. The van der Waals surface area contributed by atoms with Gasteiger partial charge in [0.2, 0.25) is 0 Å². The molecular formula is C20H19F3N2O4S. The Kier molecular flexibility index (Phi) is 6.18. The second kappa shape index (κ2) is 8.49. The van der Waals surface area contributed by atoms with Gasteiger partial charge in [0.1, 0.15) is 17.4 Å². The van der Waals surface area contributed by atoms with Crippen LogP contribution in [-0.2, 0) is 9.53 Å². The lowest BCUT2D eigenvalue weighted by molar-refractivity contribution is -0.292. The highest BCUT2D eigenvalue weighted by Crippen LogP contribution is 2.43. The lowest BCUT2D eigenvalue weighted by Gasteiger charge is -2.45. The van der Waals surface area contributed by atoms with Crippen LogP contribution in [-0.4, -0.2) is 34.7 Å². The molecular weight excluding hydrogens is 421 g/mol. The molecule has 2 aromatic carbocycles. The molecule has 0 radical (unpaired) electrons. The van der Waals surface area contributed by atoms with Crippen LogP contribution in [0.15, 0.2) is 54.6 Å². The van der Waals surface area contributed by atoms with E-state index in [0.717, 1.165) is 0 Å². The summed E-state index contributed by atoms with van der Waals surface area (Å²) in [7, 11) is 0. The van der Waals surface area contributed by atoms with Crippen molar-refractivity contribution in [1.29, 1.82) is 0 Å². The molecule has 0 saturated carbocycles. The van der Waals surface area contributed by atoms with Gasteiger partial charge in [-0.2, -0.15) is 13.2 Å². The van der Waals surface area contributed by atoms with Gasteiger partial charge in [-0.15, -0.1) is 0 Å². The molecule has 0 amide bonds. The molecule has 10 heteroatoms. The zero-order chi connectivity index (χ0) is 21.9. The lowest BCUT2D eigenvalue weighted by Crippen LogP contribution is -2.73. The van der Waals surface area contributed by atoms with Crippen LogP contribution < -0.4 is 15.4 Å². The molecule has 6 nitrogen and oxygen atoms in total.